The summed E-state index contributed by atoms with van der Waals surface area (Å²) in [5.74, 6) is -0.286. The predicted molar refractivity (Wildman–Crippen MR) is 105 cm³/mol. The quantitative estimate of drug-likeness (QED) is 0.566. The first-order valence-electron chi connectivity index (χ1n) is 9.10. The largest absolute Gasteiger partial charge is 0.490 e. The van der Waals surface area contributed by atoms with Gasteiger partial charge in [0.1, 0.15) is 11.4 Å². The smallest absolute Gasteiger partial charge is 0.423 e. The number of anilines is 1. The second-order valence-electron chi connectivity index (χ2n) is 6.66. The van der Waals surface area contributed by atoms with Crippen LogP contribution >= 0.6 is 0 Å². The molecule has 2 aromatic heterocycles. The second kappa shape index (κ2) is 7.45. The highest BCUT2D eigenvalue weighted by atomic mass is 16.4. The number of nitrogens with one attached hydrogen (secondary N) is 1. The maximum Gasteiger partial charge on any atom is 0.490 e. The first-order valence-corrected chi connectivity index (χ1v) is 9.10. The van der Waals surface area contributed by atoms with Crippen molar-refractivity contribution in [2.45, 2.75) is 25.8 Å². The fourth-order valence-electron chi connectivity index (χ4n) is 3.50. The van der Waals surface area contributed by atoms with Crippen LogP contribution in [0.25, 0.3) is 5.69 Å². The lowest BCUT2D eigenvalue weighted by Gasteiger charge is -2.19. The number of pyridine rings is 1. The molecule has 1 aliphatic heterocycles. The molecule has 28 heavy (non-hydrogen) atoms. The third-order valence-electron chi connectivity index (χ3n) is 4.84. The Morgan fingerprint density at radius 1 is 1.11 bits per heavy atom. The lowest BCUT2D eigenvalue weighted by atomic mass is 9.82. The van der Waals surface area contributed by atoms with Crippen LogP contribution in [-0.2, 0) is 13.0 Å². The zero-order valence-electron chi connectivity index (χ0n) is 15.1. The average Bonchev–Trinajstić information content (AvgIpc) is 3.01. The van der Waals surface area contributed by atoms with Crippen molar-refractivity contribution in [3.8, 4) is 5.69 Å². The van der Waals surface area contributed by atoms with Crippen molar-refractivity contribution in [3.63, 3.8) is 0 Å². The minimum atomic E-state index is -1.63. The van der Waals surface area contributed by atoms with Gasteiger partial charge in [0.2, 0.25) is 0 Å². The number of para-hydroxylation sites is 1. The van der Waals surface area contributed by atoms with Crippen LogP contribution in [0.2, 0.25) is 0 Å². The summed E-state index contributed by atoms with van der Waals surface area (Å²) in [6.07, 6.45) is 3.78. The van der Waals surface area contributed by atoms with Crippen molar-refractivity contribution in [1.29, 1.82) is 0 Å². The number of aromatic nitrogens is 3. The Bertz CT molecular complexity index is 1060. The third-order valence-corrected chi connectivity index (χ3v) is 4.84. The molecule has 0 atom stereocenters. The topological polar surface area (TPSA) is 109 Å². The molecule has 3 aromatic rings. The molecule has 0 spiro atoms. The number of hydrogen-bond donors (Lipinski definition) is 3. The van der Waals surface area contributed by atoms with E-state index in [9.17, 15) is 9.59 Å². The number of carbonyl (C=O) groups is 1. The summed E-state index contributed by atoms with van der Waals surface area (Å²) in [5, 5.41) is 20.9. The van der Waals surface area contributed by atoms with Gasteiger partial charge in [-0.3, -0.25) is 14.3 Å². The molecule has 142 valence electrons. The van der Waals surface area contributed by atoms with Crippen LogP contribution in [0.5, 0.6) is 0 Å². The summed E-state index contributed by atoms with van der Waals surface area (Å²) < 4.78 is 3.44. The minimum Gasteiger partial charge on any atom is -0.423 e. The average molecular weight is 378 g/mol. The molecule has 1 aromatic carbocycles. The highest BCUT2D eigenvalue weighted by Crippen LogP contribution is 2.20. The van der Waals surface area contributed by atoms with Crippen molar-refractivity contribution in [2.75, 3.05) is 5.32 Å². The number of carbonyl (C=O) groups excluding carboxylic acids is 1. The summed E-state index contributed by atoms with van der Waals surface area (Å²) in [4.78, 5) is 30.0. The van der Waals surface area contributed by atoms with Gasteiger partial charge in [0.25, 0.3) is 11.5 Å². The lowest BCUT2D eigenvalue weighted by molar-refractivity contribution is 0.102. The normalized spacial score (nSPS) is 13.1. The monoisotopic (exact) mass is 378 g/mol. The number of fused-ring (bicyclic) bond motifs is 1. The number of amides is 1. The summed E-state index contributed by atoms with van der Waals surface area (Å²) in [6, 6.07) is 12.2. The van der Waals surface area contributed by atoms with E-state index >= 15 is 0 Å². The van der Waals surface area contributed by atoms with Crippen LogP contribution in [0.3, 0.4) is 0 Å². The Balaban J connectivity index is 1.72. The van der Waals surface area contributed by atoms with E-state index in [1.807, 2.05) is 35.0 Å². The molecule has 0 saturated carbocycles. The van der Waals surface area contributed by atoms with Crippen molar-refractivity contribution in [3.05, 3.63) is 70.3 Å². The predicted octanol–water partition coefficient (Wildman–Crippen LogP) is 0.302. The van der Waals surface area contributed by atoms with E-state index in [0.29, 0.717) is 18.7 Å². The molecular formula is C19H19BN4O4. The van der Waals surface area contributed by atoms with E-state index in [1.165, 1.54) is 18.3 Å². The van der Waals surface area contributed by atoms with Gasteiger partial charge >= 0.3 is 7.12 Å². The van der Waals surface area contributed by atoms with E-state index in [1.54, 1.807) is 4.68 Å². The van der Waals surface area contributed by atoms with Crippen LogP contribution in [0.15, 0.2) is 53.5 Å². The Labute approximate surface area is 161 Å². The molecule has 4 rings (SSSR count). The number of rotatable bonds is 4. The SMILES string of the molecule is O=C(Nc1ccc(B(O)O)cn1)c1c2n(n(-c3ccccc3)c1=O)CCCC2. The van der Waals surface area contributed by atoms with Gasteiger partial charge in [-0.2, -0.15) is 0 Å². The molecule has 0 bridgehead atoms. The van der Waals surface area contributed by atoms with Gasteiger partial charge in [-0.25, -0.2) is 9.67 Å². The number of nitrogens with zero attached hydrogens (tertiary/aromatic N) is 3. The molecule has 0 aliphatic carbocycles. The zero-order chi connectivity index (χ0) is 19.7. The van der Waals surface area contributed by atoms with Crippen LogP contribution in [0, 0.1) is 0 Å². The molecule has 0 radical (unpaired) electrons. The summed E-state index contributed by atoms with van der Waals surface area (Å²) in [6.45, 7) is 0.675. The van der Waals surface area contributed by atoms with E-state index in [2.05, 4.69) is 10.3 Å². The molecule has 9 heteroatoms. The standard InChI is InChI=1S/C19H19BN4O4/c25-18(22-16-10-9-13(12-21-16)20(27)28)17-15-8-4-5-11-23(15)24(19(17)26)14-6-2-1-3-7-14/h1-3,6-7,9-10,12,27-28H,4-5,8,11H2,(H,21,22,25). The fraction of sp³-hybridized carbons (Fsp3) is 0.211. The second-order valence-corrected chi connectivity index (χ2v) is 6.66. The van der Waals surface area contributed by atoms with Crippen molar-refractivity contribution >= 4 is 24.3 Å². The van der Waals surface area contributed by atoms with Gasteiger partial charge in [-0.15, -0.1) is 0 Å². The number of benzene rings is 1. The number of hydrogen-bond acceptors (Lipinski definition) is 5. The van der Waals surface area contributed by atoms with Crippen LogP contribution in [0.1, 0.15) is 28.9 Å². The summed E-state index contributed by atoms with van der Waals surface area (Å²) in [5.41, 5.74) is 1.42. The molecule has 0 fully saturated rings. The fourth-order valence-corrected chi connectivity index (χ4v) is 3.50. The molecule has 0 saturated heterocycles. The van der Waals surface area contributed by atoms with Crippen LogP contribution in [0.4, 0.5) is 5.82 Å². The zero-order valence-corrected chi connectivity index (χ0v) is 15.1. The van der Waals surface area contributed by atoms with Crippen molar-refractivity contribution < 1.29 is 14.8 Å². The van der Waals surface area contributed by atoms with E-state index < -0.39 is 13.0 Å². The van der Waals surface area contributed by atoms with Gasteiger partial charge in [-0.1, -0.05) is 24.3 Å². The van der Waals surface area contributed by atoms with Gasteiger partial charge < -0.3 is 15.4 Å². The maximum absolute atomic E-state index is 13.1. The first-order chi connectivity index (χ1) is 13.6. The van der Waals surface area contributed by atoms with Gasteiger partial charge in [0.05, 0.1) is 11.4 Å². The van der Waals surface area contributed by atoms with Crippen molar-refractivity contribution in [1.82, 2.24) is 14.3 Å². The van der Waals surface area contributed by atoms with Crippen LogP contribution in [-0.4, -0.2) is 37.4 Å². The minimum absolute atomic E-state index is 0.122. The van der Waals surface area contributed by atoms with E-state index in [4.69, 9.17) is 10.0 Å². The Kier molecular flexibility index (Phi) is 4.85. The molecule has 1 amide bonds. The molecular weight excluding hydrogens is 359 g/mol. The molecule has 1 aliphatic rings. The molecule has 3 N–H and O–H groups in total. The lowest BCUT2D eigenvalue weighted by Crippen LogP contribution is -2.30. The van der Waals surface area contributed by atoms with E-state index in [0.717, 1.165) is 18.5 Å². The molecule has 3 heterocycles. The van der Waals surface area contributed by atoms with Crippen LogP contribution < -0.4 is 16.3 Å². The van der Waals surface area contributed by atoms with Gasteiger partial charge in [0.15, 0.2) is 0 Å². The molecule has 0 unspecified atom stereocenters. The Hall–Kier alpha value is -3.17. The highest BCUT2D eigenvalue weighted by Gasteiger charge is 2.27. The molecule has 8 nitrogen and oxygen atoms in total. The Morgan fingerprint density at radius 2 is 1.89 bits per heavy atom. The Morgan fingerprint density at radius 3 is 2.57 bits per heavy atom. The van der Waals surface area contributed by atoms with Gasteiger partial charge in [0, 0.05) is 18.2 Å². The van der Waals surface area contributed by atoms with Gasteiger partial charge in [-0.05, 0) is 37.5 Å². The maximum atomic E-state index is 13.1. The highest BCUT2D eigenvalue weighted by molar-refractivity contribution is 6.58. The van der Waals surface area contributed by atoms with Crippen molar-refractivity contribution in [2.24, 2.45) is 0 Å². The van der Waals surface area contributed by atoms with E-state index in [-0.39, 0.29) is 22.4 Å². The summed E-state index contributed by atoms with van der Waals surface area (Å²) >= 11 is 0. The first kappa shape index (κ1) is 18.2. The summed E-state index contributed by atoms with van der Waals surface area (Å²) in [7, 11) is -1.63. The third kappa shape index (κ3) is 3.25.